The van der Waals surface area contributed by atoms with Gasteiger partial charge >= 0.3 is 0 Å². The van der Waals surface area contributed by atoms with Gasteiger partial charge in [-0.1, -0.05) is 0 Å². The van der Waals surface area contributed by atoms with Gasteiger partial charge in [0, 0.05) is 22.8 Å². The number of aromatic hydroxyl groups is 2. The van der Waals surface area contributed by atoms with Crippen molar-refractivity contribution in [3.8, 4) is 28.3 Å². The van der Waals surface area contributed by atoms with E-state index in [1.165, 1.54) is 36.5 Å². The first-order chi connectivity index (χ1) is 15.2. The molecule has 1 heterocycles. The Morgan fingerprint density at radius 3 is 2.16 bits per heavy atom. The molecule has 0 spiro atoms. The van der Waals surface area contributed by atoms with E-state index in [-0.39, 0.29) is 44.6 Å². The van der Waals surface area contributed by atoms with Gasteiger partial charge in [0.05, 0.1) is 11.4 Å². The summed E-state index contributed by atoms with van der Waals surface area (Å²) in [5.41, 5.74) is 5.44. The van der Waals surface area contributed by atoms with Crippen LogP contribution in [-0.2, 0) is 4.79 Å². The van der Waals surface area contributed by atoms with Gasteiger partial charge in [-0.2, -0.15) is 0 Å². The van der Waals surface area contributed by atoms with E-state index in [0.29, 0.717) is 6.29 Å². The second-order valence-electron chi connectivity index (χ2n) is 7.11. The highest BCUT2D eigenvalue weighted by molar-refractivity contribution is 6.00. The van der Waals surface area contributed by atoms with Crippen LogP contribution in [0.5, 0.6) is 11.5 Å². The predicted octanol–water partition coefficient (Wildman–Crippen LogP) is 3.68. The summed E-state index contributed by atoms with van der Waals surface area (Å²) >= 11 is 0. The van der Waals surface area contributed by atoms with Gasteiger partial charge in [0.2, 0.25) is 0 Å². The second kappa shape index (κ2) is 7.86. The number of carbonyl (C=O) groups excluding carboxylic acids is 1. The molecule has 3 aromatic carbocycles. The molecular formula is C23H15F3N2O4. The first kappa shape index (κ1) is 21.1. The number of hydrogen-bond donors (Lipinski definition) is 3. The maximum atomic E-state index is 14.0. The molecule has 0 fully saturated rings. The van der Waals surface area contributed by atoms with Crippen molar-refractivity contribution < 1.29 is 28.2 Å². The molecule has 0 saturated heterocycles. The van der Waals surface area contributed by atoms with Crippen LogP contribution < -0.4 is 11.3 Å². The van der Waals surface area contributed by atoms with Crippen LogP contribution in [-0.4, -0.2) is 21.1 Å². The van der Waals surface area contributed by atoms with E-state index < -0.39 is 29.1 Å². The number of phenolic OH excluding ortho intramolecular Hbond substituents is 2. The number of carbonyl (C=O) groups is 1. The van der Waals surface area contributed by atoms with E-state index in [1.54, 1.807) is 0 Å². The Kier molecular flexibility index (Phi) is 5.19. The molecular weight excluding hydrogens is 425 g/mol. The van der Waals surface area contributed by atoms with E-state index in [0.717, 1.165) is 22.8 Å². The maximum absolute atomic E-state index is 14.0. The van der Waals surface area contributed by atoms with Gasteiger partial charge in [-0.05, 0) is 59.7 Å². The minimum atomic E-state index is -1.66. The fraction of sp³-hybridized carbons (Fsp3) is 0.0435. The number of nitrogens with zero attached hydrogens (tertiary/aromatic N) is 1. The van der Waals surface area contributed by atoms with Crippen LogP contribution in [0.4, 0.5) is 13.2 Å². The molecule has 32 heavy (non-hydrogen) atoms. The average Bonchev–Trinajstić information content (AvgIpc) is 2.77. The molecule has 9 heteroatoms. The van der Waals surface area contributed by atoms with Crippen molar-refractivity contribution in [3.63, 3.8) is 0 Å². The zero-order chi connectivity index (χ0) is 23.2. The van der Waals surface area contributed by atoms with Crippen molar-refractivity contribution in [3.05, 3.63) is 88.1 Å². The third kappa shape index (κ3) is 3.48. The van der Waals surface area contributed by atoms with E-state index in [4.69, 9.17) is 5.73 Å². The smallest absolute Gasteiger partial charge is 0.263 e. The highest BCUT2D eigenvalue weighted by Crippen LogP contribution is 2.35. The highest BCUT2D eigenvalue weighted by Gasteiger charge is 2.21. The van der Waals surface area contributed by atoms with Gasteiger partial charge in [0.25, 0.3) is 5.56 Å². The molecule has 1 unspecified atom stereocenters. The molecule has 0 aliphatic heterocycles. The summed E-state index contributed by atoms with van der Waals surface area (Å²) in [6, 6.07) is 8.09. The SMILES string of the molecule is NC(C=O)c1cc(O)cc2c(-c3cc(F)c(F)c(F)c3)cn(-c3ccc(O)cc3)c(=O)c12. The van der Waals surface area contributed by atoms with Gasteiger partial charge in [0.1, 0.15) is 17.8 Å². The van der Waals surface area contributed by atoms with Crippen LogP contribution >= 0.6 is 0 Å². The van der Waals surface area contributed by atoms with Crippen LogP contribution in [0, 0.1) is 17.5 Å². The Hall–Kier alpha value is -4.11. The quantitative estimate of drug-likeness (QED) is 0.332. The lowest BCUT2D eigenvalue weighted by molar-refractivity contribution is -0.108. The third-order valence-electron chi connectivity index (χ3n) is 5.06. The van der Waals surface area contributed by atoms with Crippen LogP contribution in [0.25, 0.3) is 27.6 Å². The Bertz CT molecular complexity index is 1410. The molecule has 4 N–H and O–H groups in total. The summed E-state index contributed by atoms with van der Waals surface area (Å²) in [4.78, 5) is 24.7. The Labute approximate surface area is 178 Å². The molecule has 1 aromatic heterocycles. The molecule has 4 aromatic rings. The van der Waals surface area contributed by atoms with Crippen LogP contribution in [0.3, 0.4) is 0 Å². The number of nitrogens with two attached hydrogens (primary N) is 1. The van der Waals surface area contributed by atoms with Gasteiger partial charge in [0.15, 0.2) is 17.5 Å². The van der Waals surface area contributed by atoms with E-state index >= 15 is 0 Å². The zero-order valence-corrected chi connectivity index (χ0v) is 16.2. The van der Waals surface area contributed by atoms with Crippen molar-refractivity contribution in [2.45, 2.75) is 6.04 Å². The zero-order valence-electron chi connectivity index (χ0n) is 16.2. The highest BCUT2D eigenvalue weighted by atomic mass is 19.2. The number of phenols is 2. The molecule has 0 amide bonds. The van der Waals surface area contributed by atoms with E-state index in [1.807, 2.05) is 0 Å². The lowest BCUT2D eigenvalue weighted by Crippen LogP contribution is -2.22. The van der Waals surface area contributed by atoms with Crippen molar-refractivity contribution in [2.75, 3.05) is 0 Å². The third-order valence-corrected chi connectivity index (χ3v) is 5.06. The van der Waals surface area contributed by atoms with Crippen LogP contribution in [0.15, 0.2) is 59.5 Å². The van der Waals surface area contributed by atoms with Gasteiger partial charge in [-0.3, -0.25) is 9.36 Å². The molecule has 1 atom stereocenters. The monoisotopic (exact) mass is 440 g/mol. The van der Waals surface area contributed by atoms with Crippen molar-refractivity contribution in [2.24, 2.45) is 5.73 Å². The largest absolute Gasteiger partial charge is 0.508 e. The first-order valence-corrected chi connectivity index (χ1v) is 9.28. The summed E-state index contributed by atoms with van der Waals surface area (Å²) in [7, 11) is 0. The molecule has 0 radical (unpaired) electrons. The average molecular weight is 440 g/mol. The van der Waals surface area contributed by atoms with Crippen molar-refractivity contribution >= 4 is 17.1 Å². The number of halogens is 3. The minimum Gasteiger partial charge on any atom is -0.508 e. The lowest BCUT2D eigenvalue weighted by Gasteiger charge is -2.17. The number of pyridine rings is 1. The summed E-state index contributed by atoms with van der Waals surface area (Å²) in [5.74, 6) is -4.94. The van der Waals surface area contributed by atoms with Gasteiger partial charge in [-0.15, -0.1) is 0 Å². The summed E-state index contributed by atoms with van der Waals surface area (Å²) in [6.07, 6.45) is 1.64. The molecule has 0 aliphatic rings. The molecule has 4 rings (SSSR count). The maximum Gasteiger partial charge on any atom is 0.263 e. The van der Waals surface area contributed by atoms with Crippen LogP contribution in [0.1, 0.15) is 11.6 Å². The van der Waals surface area contributed by atoms with Crippen LogP contribution in [0.2, 0.25) is 0 Å². The Balaban J connectivity index is 2.19. The topological polar surface area (TPSA) is 106 Å². The Morgan fingerprint density at radius 1 is 0.938 bits per heavy atom. The number of hydrogen-bond acceptors (Lipinski definition) is 5. The Morgan fingerprint density at radius 2 is 1.56 bits per heavy atom. The van der Waals surface area contributed by atoms with Gasteiger partial charge in [-0.25, -0.2) is 13.2 Å². The van der Waals surface area contributed by atoms with Crippen molar-refractivity contribution in [1.82, 2.24) is 4.57 Å². The van der Waals surface area contributed by atoms with E-state index in [2.05, 4.69) is 0 Å². The number of benzene rings is 3. The van der Waals surface area contributed by atoms with Gasteiger partial charge < -0.3 is 20.7 Å². The molecule has 0 saturated carbocycles. The van der Waals surface area contributed by atoms with Crippen molar-refractivity contribution in [1.29, 1.82) is 0 Å². The molecule has 6 nitrogen and oxygen atoms in total. The molecule has 162 valence electrons. The fourth-order valence-corrected chi connectivity index (χ4v) is 3.56. The number of rotatable bonds is 4. The second-order valence-corrected chi connectivity index (χ2v) is 7.11. The predicted molar refractivity (Wildman–Crippen MR) is 111 cm³/mol. The minimum absolute atomic E-state index is 0.00238. The number of aldehydes is 1. The lowest BCUT2D eigenvalue weighted by atomic mass is 9.94. The fourth-order valence-electron chi connectivity index (χ4n) is 3.56. The number of aromatic nitrogens is 1. The van der Waals surface area contributed by atoms with E-state index in [9.17, 15) is 33.0 Å². The molecule has 0 bridgehead atoms. The summed E-state index contributed by atoms with van der Waals surface area (Å²) in [6.45, 7) is 0. The normalized spacial score (nSPS) is 12.1. The standard InChI is InChI=1S/C23H15F3N2O4/c24-18-5-11(6-19(25)22(18)26)17-9-28(12-1-3-13(30)4-2-12)23(32)21-15(17)7-14(31)8-16(21)20(27)10-29/h1-10,20,30-31H,27H2. The summed E-state index contributed by atoms with van der Waals surface area (Å²) < 4.78 is 42.7. The summed E-state index contributed by atoms with van der Waals surface area (Å²) in [5, 5.41) is 19.7. The first-order valence-electron chi connectivity index (χ1n) is 9.28. The molecule has 0 aliphatic carbocycles. The number of fused-ring (bicyclic) bond motifs is 1.